The summed E-state index contributed by atoms with van der Waals surface area (Å²) in [4.78, 5) is 21.7. The van der Waals surface area contributed by atoms with Gasteiger partial charge in [0.2, 0.25) is 0 Å². The Morgan fingerprint density at radius 1 is 1.50 bits per heavy atom. The molecule has 5 nitrogen and oxygen atoms in total. The summed E-state index contributed by atoms with van der Waals surface area (Å²) in [5, 5.41) is 11.0. The Bertz CT molecular complexity index is 419. The fourth-order valence-electron chi connectivity index (χ4n) is 1.06. The van der Waals surface area contributed by atoms with Crippen molar-refractivity contribution in [2.45, 2.75) is 0 Å². The highest BCUT2D eigenvalue weighted by atomic mass is 35.5. The van der Waals surface area contributed by atoms with Crippen LogP contribution in [-0.2, 0) is 4.79 Å². The maximum atomic E-state index is 11.5. The van der Waals surface area contributed by atoms with Gasteiger partial charge in [0.15, 0.2) is 0 Å². The van der Waals surface area contributed by atoms with Gasteiger partial charge in [-0.25, -0.2) is 0 Å². The van der Waals surface area contributed by atoms with Crippen LogP contribution >= 0.6 is 11.6 Å². The zero-order valence-electron chi connectivity index (χ0n) is 8.49. The number of hydrogen-bond donors (Lipinski definition) is 2. The molecule has 0 saturated carbocycles. The van der Waals surface area contributed by atoms with Crippen LogP contribution < -0.4 is 10.1 Å². The molecule has 0 saturated heterocycles. The minimum Gasteiger partial charge on any atom is -0.495 e. The van der Waals surface area contributed by atoms with Gasteiger partial charge in [0, 0.05) is 5.56 Å². The average molecular weight is 244 g/mol. The van der Waals surface area contributed by atoms with Gasteiger partial charge < -0.3 is 15.2 Å². The number of hydrogen-bond acceptors (Lipinski definition) is 3. The first kappa shape index (κ1) is 12.3. The SMILES string of the molecule is COc1cc(C(=O)NCC(=O)O)ccc1Cl. The first-order valence-corrected chi connectivity index (χ1v) is 4.76. The first-order chi connectivity index (χ1) is 7.54. The van der Waals surface area contributed by atoms with Gasteiger partial charge in [0.25, 0.3) is 5.91 Å². The van der Waals surface area contributed by atoms with Gasteiger partial charge in [-0.05, 0) is 18.2 Å². The van der Waals surface area contributed by atoms with E-state index in [0.29, 0.717) is 16.3 Å². The number of carboxylic acids is 1. The molecule has 6 heteroatoms. The predicted molar refractivity (Wildman–Crippen MR) is 58.0 cm³/mol. The van der Waals surface area contributed by atoms with Crippen LogP contribution in [-0.4, -0.2) is 30.6 Å². The second kappa shape index (κ2) is 5.37. The number of benzene rings is 1. The van der Waals surface area contributed by atoms with E-state index in [4.69, 9.17) is 21.4 Å². The maximum absolute atomic E-state index is 11.5. The molecule has 0 heterocycles. The van der Waals surface area contributed by atoms with Crippen molar-refractivity contribution in [1.82, 2.24) is 5.32 Å². The fraction of sp³-hybridized carbons (Fsp3) is 0.200. The average Bonchev–Trinajstić information content (AvgIpc) is 2.26. The summed E-state index contributed by atoms with van der Waals surface area (Å²) in [5.74, 6) is -1.23. The molecule has 0 radical (unpaired) electrons. The molecule has 0 aliphatic carbocycles. The zero-order chi connectivity index (χ0) is 12.1. The third-order valence-corrected chi connectivity index (χ3v) is 2.13. The summed E-state index contributed by atoms with van der Waals surface area (Å²) < 4.78 is 4.93. The van der Waals surface area contributed by atoms with E-state index in [0.717, 1.165) is 0 Å². The van der Waals surface area contributed by atoms with Crippen molar-refractivity contribution >= 4 is 23.5 Å². The summed E-state index contributed by atoms with van der Waals surface area (Å²) >= 11 is 5.78. The molecular formula is C10H10ClNO4. The summed E-state index contributed by atoms with van der Waals surface area (Å²) in [6.07, 6.45) is 0. The van der Waals surface area contributed by atoms with Crippen molar-refractivity contribution in [2.75, 3.05) is 13.7 Å². The van der Waals surface area contributed by atoms with E-state index in [2.05, 4.69) is 5.32 Å². The predicted octanol–water partition coefficient (Wildman–Crippen LogP) is 1.16. The number of carboxylic acid groups (broad SMARTS) is 1. The Labute approximate surface area is 97.0 Å². The third kappa shape index (κ3) is 3.13. The van der Waals surface area contributed by atoms with Gasteiger partial charge in [0.05, 0.1) is 12.1 Å². The molecule has 0 aliphatic rings. The summed E-state index contributed by atoms with van der Waals surface area (Å²) in [7, 11) is 1.43. The number of aliphatic carboxylic acids is 1. The quantitative estimate of drug-likeness (QED) is 0.832. The number of carbonyl (C=O) groups excluding carboxylic acids is 1. The van der Waals surface area contributed by atoms with Crippen LogP contribution in [0.3, 0.4) is 0 Å². The van der Waals surface area contributed by atoms with E-state index >= 15 is 0 Å². The van der Waals surface area contributed by atoms with Crippen LogP contribution in [0.5, 0.6) is 5.75 Å². The molecule has 86 valence electrons. The lowest BCUT2D eigenvalue weighted by molar-refractivity contribution is -0.135. The molecule has 0 atom stereocenters. The highest BCUT2D eigenvalue weighted by Crippen LogP contribution is 2.24. The van der Waals surface area contributed by atoms with Crippen LogP contribution in [0.1, 0.15) is 10.4 Å². The highest BCUT2D eigenvalue weighted by Gasteiger charge is 2.09. The second-order valence-electron chi connectivity index (χ2n) is 2.93. The van der Waals surface area contributed by atoms with Crippen molar-refractivity contribution in [1.29, 1.82) is 0 Å². The largest absolute Gasteiger partial charge is 0.495 e. The van der Waals surface area contributed by atoms with Gasteiger partial charge in [-0.3, -0.25) is 9.59 Å². The lowest BCUT2D eigenvalue weighted by Gasteiger charge is -2.06. The lowest BCUT2D eigenvalue weighted by atomic mass is 10.2. The van der Waals surface area contributed by atoms with Gasteiger partial charge in [-0.2, -0.15) is 0 Å². The maximum Gasteiger partial charge on any atom is 0.322 e. The van der Waals surface area contributed by atoms with Crippen molar-refractivity contribution in [3.63, 3.8) is 0 Å². The van der Waals surface area contributed by atoms with Crippen LogP contribution in [0.15, 0.2) is 18.2 Å². The standard InChI is InChI=1S/C10H10ClNO4/c1-16-8-4-6(2-3-7(8)11)10(15)12-5-9(13)14/h2-4H,5H2,1H3,(H,12,15)(H,13,14). The molecule has 2 N–H and O–H groups in total. The minimum absolute atomic E-state index is 0.294. The zero-order valence-corrected chi connectivity index (χ0v) is 9.25. The molecule has 0 unspecified atom stereocenters. The van der Waals surface area contributed by atoms with E-state index in [1.54, 1.807) is 0 Å². The van der Waals surface area contributed by atoms with Crippen molar-refractivity contribution in [3.05, 3.63) is 28.8 Å². The Morgan fingerprint density at radius 2 is 2.19 bits per heavy atom. The molecule has 1 aromatic carbocycles. The Kier molecular flexibility index (Phi) is 4.13. The number of methoxy groups -OCH3 is 1. The van der Waals surface area contributed by atoms with Crippen molar-refractivity contribution < 1.29 is 19.4 Å². The van der Waals surface area contributed by atoms with E-state index in [-0.39, 0.29) is 0 Å². The number of amides is 1. The van der Waals surface area contributed by atoms with E-state index in [1.165, 1.54) is 25.3 Å². The summed E-state index contributed by atoms with van der Waals surface area (Å²) in [5.41, 5.74) is 0.294. The van der Waals surface area contributed by atoms with Crippen LogP contribution in [0, 0.1) is 0 Å². The molecule has 0 fully saturated rings. The fourth-order valence-corrected chi connectivity index (χ4v) is 1.25. The topological polar surface area (TPSA) is 75.6 Å². The monoisotopic (exact) mass is 243 g/mol. The van der Waals surface area contributed by atoms with E-state index in [9.17, 15) is 9.59 Å². The molecule has 1 rings (SSSR count). The molecule has 1 aromatic rings. The minimum atomic E-state index is -1.10. The van der Waals surface area contributed by atoms with E-state index < -0.39 is 18.4 Å². The molecular weight excluding hydrogens is 234 g/mol. The summed E-state index contributed by atoms with van der Waals surface area (Å²) in [6.45, 7) is -0.427. The second-order valence-corrected chi connectivity index (χ2v) is 3.33. The normalized spacial score (nSPS) is 9.62. The Morgan fingerprint density at radius 3 is 2.75 bits per heavy atom. The van der Waals surface area contributed by atoms with Gasteiger partial charge in [-0.1, -0.05) is 11.6 Å². The molecule has 1 amide bonds. The molecule has 0 aromatic heterocycles. The number of halogens is 1. The number of nitrogens with one attached hydrogen (secondary N) is 1. The number of ether oxygens (including phenoxy) is 1. The molecule has 0 spiro atoms. The van der Waals surface area contributed by atoms with E-state index in [1.807, 2.05) is 0 Å². The van der Waals surface area contributed by atoms with Gasteiger partial charge >= 0.3 is 5.97 Å². The van der Waals surface area contributed by atoms with Crippen LogP contribution in [0.4, 0.5) is 0 Å². The molecule has 0 aliphatic heterocycles. The molecule has 16 heavy (non-hydrogen) atoms. The highest BCUT2D eigenvalue weighted by molar-refractivity contribution is 6.32. The van der Waals surface area contributed by atoms with Crippen molar-refractivity contribution in [2.24, 2.45) is 0 Å². The lowest BCUT2D eigenvalue weighted by Crippen LogP contribution is -2.29. The first-order valence-electron chi connectivity index (χ1n) is 4.38. The Balaban J connectivity index is 2.80. The number of rotatable bonds is 4. The smallest absolute Gasteiger partial charge is 0.322 e. The summed E-state index contributed by atoms with van der Waals surface area (Å²) in [6, 6.07) is 4.44. The van der Waals surface area contributed by atoms with Gasteiger partial charge in [-0.15, -0.1) is 0 Å². The van der Waals surface area contributed by atoms with Crippen LogP contribution in [0.2, 0.25) is 5.02 Å². The number of carbonyl (C=O) groups is 2. The third-order valence-electron chi connectivity index (χ3n) is 1.81. The molecule has 0 bridgehead atoms. The van der Waals surface area contributed by atoms with Crippen LogP contribution in [0.25, 0.3) is 0 Å². The van der Waals surface area contributed by atoms with Crippen molar-refractivity contribution in [3.8, 4) is 5.75 Å². The Hall–Kier alpha value is -1.75. The van der Waals surface area contributed by atoms with Gasteiger partial charge in [0.1, 0.15) is 12.3 Å².